The molecule has 2 N–H and O–H groups in total. The molecule has 2 aliphatic rings. The van der Waals surface area contributed by atoms with Crippen molar-refractivity contribution < 1.29 is 9.47 Å². The van der Waals surface area contributed by atoms with E-state index >= 15 is 0 Å². The minimum absolute atomic E-state index is 0.152. The third kappa shape index (κ3) is 1.38. The Hall–Kier alpha value is -0.810. The molecule has 74 valence electrons. The van der Waals surface area contributed by atoms with Crippen LogP contribution in [0.2, 0.25) is 0 Å². The van der Waals surface area contributed by atoms with Gasteiger partial charge in [-0.2, -0.15) is 0 Å². The van der Waals surface area contributed by atoms with Gasteiger partial charge in [-0.15, -0.1) is 0 Å². The zero-order chi connectivity index (χ0) is 9.31. The molecule has 13 heavy (non-hydrogen) atoms. The van der Waals surface area contributed by atoms with Gasteiger partial charge in [-0.1, -0.05) is 0 Å². The lowest BCUT2D eigenvalue weighted by Crippen LogP contribution is -2.54. The molecule has 0 atom stereocenters. The van der Waals surface area contributed by atoms with E-state index in [2.05, 4.69) is 4.99 Å². The van der Waals surface area contributed by atoms with Crippen molar-refractivity contribution in [1.82, 2.24) is 4.90 Å². The van der Waals surface area contributed by atoms with Crippen LogP contribution in [0.5, 0.6) is 0 Å². The standard InChI is InChI=1S/C8H15N3O2/c1-11-7(9)10-4-8(11)5-12-2-3-13-6-8/h2-6H2,1H3,(H2,9,10). The van der Waals surface area contributed by atoms with E-state index in [-0.39, 0.29) is 5.54 Å². The van der Waals surface area contributed by atoms with Crippen molar-refractivity contribution in [2.45, 2.75) is 5.54 Å². The highest BCUT2D eigenvalue weighted by atomic mass is 16.5. The summed E-state index contributed by atoms with van der Waals surface area (Å²) in [7, 11) is 1.93. The molecule has 0 saturated carbocycles. The van der Waals surface area contributed by atoms with Gasteiger partial charge in [-0.05, 0) is 0 Å². The number of rotatable bonds is 0. The van der Waals surface area contributed by atoms with E-state index in [0.717, 1.165) is 0 Å². The Morgan fingerprint density at radius 2 is 2.00 bits per heavy atom. The van der Waals surface area contributed by atoms with Crippen LogP contribution in [0.1, 0.15) is 0 Å². The van der Waals surface area contributed by atoms with Crippen LogP contribution in [0.3, 0.4) is 0 Å². The molecule has 0 radical (unpaired) electrons. The van der Waals surface area contributed by atoms with E-state index in [1.807, 2.05) is 11.9 Å². The molecule has 0 aromatic heterocycles. The highest BCUT2D eigenvalue weighted by Gasteiger charge is 2.41. The fourth-order valence-corrected chi connectivity index (χ4v) is 1.65. The monoisotopic (exact) mass is 185 g/mol. The largest absolute Gasteiger partial charge is 0.376 e. The molecule has 2 rings (SSSR count). The van der Waals surface area contributed by atoms with Gasteiger partial charge < -0.3 is 20.1 Å². The minimum Gasteiger partial charge on any atom is -0.376 e. The van der Waals surface area contributed by atoms with Gasteiger partial charge in [0.1, 0.15) is 5.54 Å². The summed E-state index contributed by atoms with van der Waals surface area (Å²) in [6, 6.07) is 0. The van der Waals surface area contributed by atoms with Crippen LogP contribution in [-0.4, -0.2) is 56.4 Å². The molecule has 0 bridgehead atoms. The van der Waals surface area contributed by atoms with Crippen LogP contribution >= 0.6 is 0 Å². The fraction of sp³-hybridized carbons (Fsp3) is 0.875. The Bertz CT molecular complexity index is 221. The molecular formula is C8H15N3O2. The van der Waals surface area contributed by atoms with Crippen LogP contribution in [-0.2, 0) is 9.47 Å². The van der Waals surface area contributed by atoms with Crippen molar-refractivity contribution in [1.29, 1.82) is 0 Å². The lowest BCUT2D eigenvalue weighted by Gasteiger charge is -2.34. The number of aliphatic imine (C=N–C) groups is 1. The Morgan fingerprint density at radius 1 is 1.38 bits per heavy atom. The van der Waals surface area contributed by atoms with Crippen molar-refractivity contribution in [3.8, 4) is 0 Å². The van der Waals surface area contributed by atoms with Gasteiger partial charge in [-0.25, -0.2) is 0 Å². The smallest absolute Gasteiger partial charge is 0.191 e. The van der Waals surface area contributed by atoms with Crippen molar-refractivity contribution in [2.75, 3.05) is 40.0 Å². The topological polar surface area (TPSA) is 60.1 Å². The zero-order valence-corrected chi connectivity index (χ0v) is 7.82. The second-order valence-corrected chi connectivity index (χ2v) is 3.56. The number of guanidine groups is 1. The highest BCUT2D eigenvalue weighted by Crippen LogP contribution is 2.22. The first-order valence-electron chi connectivity index (χ1n) is 4.44. The Labute approximate surface area is 77.5 Å². The summed E-state index contributed by atoms with van der Waals surface area (Å²) >= 11 is 0. The summed E-state index contributed by atoms with van der Waals surface area (Å²) in [5.74, 6) is 0.578. The summed E-state index contributed by atoms with van der Waals surface area (Å²) in [6.07, 6.45) is 0. The van der Waals surface area contributed by atoms with Crippen LogP contribution in [0, 0.1) is 0 Å². The van der Waals surface area contributed by atoms with Crippen molar-refractivity contribution in [2.24, 2.45) is 10.7 Å². The predicted molar refractivity (Wildman–Crippen MR) is 48.6 cm³/mol. The quantitative estimate of drug-likeness (QED) is 0.527. The fourth-order valence-electron chi connectivity index (χ4n) is 1.65. The van der Waals surface area contributed by atoms with Crippen LogP contribution in [0.4, 0.5) is 0 Å². The number of likely N-dealkylation sites (N-methyl/N-ethyl adjacent to an activating group) is 1. The second kappa shape index (κ2) is 3.16. The van der Waals surface area contributed by atoms with Gasteiger partial charge in [0, 0.05) is 7.05 Å². The molecule has 5 heteroatoms. The minimum atomic E-state index is -0.152. The summed E-state index contributed by atoms with van der Waals surface area (Å²) in [4.78, 5) is 6.15. The lowest BCUT2D eigenvalue weighted by molar-refractivity contribution is 0.0535. The van der Waals surface area contributed by atoms with Crippen molar-refractivity contribution in [3.63, 3.8) is 0 Å². The Balaban J connectivity index is 2.11. The van der Waals surface area contributed by atoms with Crippen LogP contribution in [0.25, 0.3) is 0 Å². The number of hydrogen-bond donors (Lipinski definition) is 1. The van der Waals surface area contributed by atoms with Gasteiger partial charge in [-0.3, -0.25) is 4.99 Å². The third-order valence-electron chi connectivity index (χ3n) is 2.70. The van der Waals surface area contributed by atoms with E-state index < -0.39 is 0 Å². The average Bonchev–Trinajstić information content (AvgIpc) is 2.38. The first kappa shape index (κ1) is 8.77. The SMILES string of the molecule is CN1C(N)=NCC12COCCOC2. The van der Waals surface area contributed by atoms with Gasteiger partial charge in [0.25, 0.3) is 0 Å². The first-order chi connectivity index (χ1) is 6.25. The summed E-state index contributed by atoms with van der Waals surface area (Å²) in [6.45, 7) is 3.29. The molecule has 1 saturated heterocycles. The maximum absolute atomic E-state index is 5.70. The predicted octanol–water partition coefficient (Wildman–Crippen LogP) is -0.968. The van der Waals surface area contributed by atoms with E-state index in [1.165, 1.54) is 0 Å². The van der Waals surface area contributed by atoms with E-state index in [1.54, 1.807) is 0 Å². The molecule has 2 aliphatic heterocycles. The normalized spacial score (nSPS) is 27.5. The van der Waals surface area contributed by atoms with Gasteiger partial charge in [0.15, 0.2) is 5.96 Å². The average molecular weight is 185 g/mol. The van der Waals surface area contributed by atoms with Crippen molar-refractivity contribution in [3.05, 3.63) is 0 Å². The maximum Gasteiger partial charge on any atom is 0.191 e. The molecule has 1 fully saturated rings. The van der Waals surface area contributed by atoms with Crippen LogP contribution in [0.15, 0.2) is 4.99 Å². The molecule has 0 amide bonds. The highest BCUT2D eigenvalue weighted by molar-refractivity contribution is 5.80. The van der Waals surface area contributed by atoms with Gasteiger partial charge >= 0.3 is 0 Å². The van der Waals surface area contributed by atoms with E-state index in [4.69, 9.17) is 15.2 Å². The van der Waals surface area contributed by atoms with Crippen LogP contribution < -0.4 is 5.73 Å². The molecular weight excluding hydrogens is 170 g/mol. The molecule has 0 aromatic rings. The first-order valence-corrected chi connectivity index (χ1v) is 4.44. The number of nitrogens with zero attached hydrogens (tertiary/aromatic N) is 2. The Kier molecular flexibility index (Phi) is 2.13. The number of nitrogens with two attached hydrogens (primary N) is 1. The number of hydrogen-bond acceptors (Lipinski definition) is 5. The van der Waals surface area contributed by atoms with E-state index in [9.17, 15) is 0 Å². The zero-order valence-electron chi connectivity index (χ0n) is 7.82. The number of ether oxygens (including phenoxy) is 2. The molecule has 0 unspecified atom stereocenters. The van der Waals surface area contributed by atoms with Gasteiger partial charge in [0.05, 0.1) is 33.0 Å². The third-order valence-corrected chi connectivity index (χ3v) is 2.70. The van der Waals surface area contributed by atoms with Crippen molar-refractivity contribution >= 4 is 5.96 Å². The summed E-state index contributed by atoms with van der Waals surface area (Å²) in [5, 5.41) is 0. The maximum atomic E-state index is 5.70. The molecule has 0 aromatic carbocycles. The molecule has 0 aliphatic carbocycles. The summed E-state index contributed by atoms with van der Waals surface area (Å²) < 4.78 is 10.9. The molecule has 1 spiro atoms. The molecule has 2 heterocycles. The Morgan fingerprint density at radius 3 is 2.46 bits per heavy atom. The molecule has 5 nitrogen and oxygen atoms in total. The lowest BCUT2D eigenvalue weighted by atomic mass is 10.0. The summed E-state index contributed by atoms with van der Waals surface area (Å²) in [5.41, 5.74) is 5.55. The second-order valence-electron chi connectivity index (χ2n) is 3.56. The van der Waals surface area contributed by atoms with Gasteiger partial charge in [0.2, 0.25) is 0 Å². The van der Waals surface area contributed by atoms with E-state index in [0.29, 0.717) is 38.9 Å².